The molecule has 4 rings (SSSR count). The number of hydroxylamine groups is 1. The molecule has 2 fully saturated rings. The molecule has 1 heterocycles. The van der Waals surface area contributed by atoms with E-state index in [0.29, 0.717) is 42.5 Å². The van der Waals surface area contributed by atoms with Crippen molar-refractivity contribution in [3.8, 4) is 11.5 Å². The van der Waals surface area contributed by atoms with E-state index in [2.05, 4.69) is 4.90 Å². The Labute approximate surface area is 193 Å². The lowest BCUT2D eigenvalue weighted by atomic mass is 9.79. The number of benzene rings is 2. The predicted octanol–water partition coefficient (Wildman–Crippen LogP) is 3.90. The lowest BCUT2D eigenvalue weighted by Crippen LogP contribution is -2.51. The number of piperidine rings is 1. The molecule has 2 aromatic rings. The third kappa shape index (κ3) is 5.43. The molecule has 1 saturated heterocycles. The first-order valence-corrected chi connectivity index (χ1v) is 12.8. The fraction of sp³-hybridized carbons (Fsp3) is 0.435. The zero-order chi connectivity index (χ0) is 22.8. The normalized spacial score (nSPS) is 18.8. The van der Waals surface area contributed by atoms with Crippen LogP contribution in [0.25, 0.3) is 0 Å². The second-order valence-corrected chi connectivity index (χ2v) is 11.2. The van der Waals surface area contributed by atoms with Gasteiger partial charge in [-0.15, -0.1) is 0 Å². The minimum Gasteiger partial charge on any atom is -0.457 e. The van der Waals surface area contributed by atoms with E-state index in [-0.39, 0.29) is 10.6 Å². The summed E-state index contributed by atoms with van der Waals surface area (Å²) < 4.78 is 32.1. The molecule has 2 aromatic carbocycles. The average Bonchev–Trinajstić information content (AvgIpc) is 3.60. The summed E-state index contributed by atoms with van der Waals surface area (Å²) in [5.74, 6) is 0.825. The van der Waals surface area contributed by atoms with Gasteiger partial charge in [-0.3, -0.25) is 10.0 Å². The molecule has 0 atom stereocenters. The maximum Gasteiger partial charge on any atom is 0.250 e. The van der Waals surface area contributed by atoms with Crippen LogP contribution in [-0.4, -0.2) is 49.8 Å². The fourth-order valence-electron chi connectivity index (χ4n) is 4.19. The fourth-order valence-corrected chi connectivity index (χ4v) is 6.18. The molecule has 2 aliphatic rings. The molecule has 1 amide bonds. The van der Waals surface area contributed by atoms with Crippen LogP contribution in [-0.2, 0) is 14.6 Å². The van der Waals surface area contributed by atoms with Gasteiger partial charge < -0.3 is 9.64 Å². The topological polar surface area (TPSA) is 95.9 Å². The Morgan fingerprint density at radius 1 is 1.06 bits per heavy atom. The number of nitrogens with one attached hydrogen (secondary N) is 1. The summed E-state index contributed by atoms with van der Waals surface area (Å²) in [6, 6.07) is 13.0. The number of carbonyl (C=O) groups is 1. The summed E-state index contributed by atoms with van der Waals surface area (Å²) in [5, 5.41) is 9.90. The van der Waals surface area contributed by atoms with Crippen LogP contribution in [0.1, 0.15) is 25.7 Å². The van der Waals surface area contributed by atoms with Crippen LogP contribution >= 0.6 is 11.6 Å². The Kier molecular flexibility index (Phi) is 6.76. The minimum atomic E-state index is -3.76. The van der Waals surface area contributed by atoms with Crippen molar-refractivity contribution in [3.63, 3.8) is 0 Å². The summed E-state index contributed by atoms with van der Waals surface area (Å²) in [6.45, 7) is 2.29. The molecule has 172 valence electrons. The van der Waals surface area contributed by atoms with Crippen LogP contribution in [0.3, 0.4) is 0 Å². The van der Waals surface area contributed by atoms with E-state index in [0.717, 1.165) is 12.5 Å². The number of sulfone groups is 1. The quantitative estimate of drug-likeness (QED) is 0.441. The van der Waals surface area contributed by atoms with E-state index in [1.807, 2.05) is 0 Å². The van der Waals surface area contributed by atoms with E-state index in [1.54, 1.807) is 41.9 Å². The second-order valence-electron chi connectivity index (χ2n) is 8.75. The van der Waals surface area contributed by atoms with Crippen LogP contribution in [0.2, 0.25) is 5.02 Å². The van der Waals surface area contributed by atoms with Crippen LogP contribution in [0.5, 0.6) is 11.5 Å². The summed E-state index contributed by atoms with van der Waals surface area (Å²) in [5.41, 5.74) is 0.560. The Hall–Kier alpha value is -2.13. The molecule has 1 aliphatic carbocycles. The van der Waals surface area contributed by atoms with Gasteiger partial charge in [0, 0.05) is 11.6 Å². The van der Waals surface area contributed by atoms with Crippen molar-refractivity contribution < 1.29 is 23.2 Å². The maximum absolute atomic E-state index is 13.2. The summed E-state index contributed by atoms with van der Waals surface area (Å²) in [4.78, 5) is 15.0. The number of rotatable bonds is 8. The van der Waals surface area contributed by atoms with Crippen molar-refractivity contribution in [3.05, 3.63) is 53.6 Å². The monoisotopic (exact) mass is 478 g/mol. The molecule has 1 saturated carbocycles. The predicted molar refractivity (Wildman–Crippen MR) is 121 cm³/mol. The van der Waals surface area contributed by atoms with E-state index in [1.165, 1.54) is 25.0 Å². The number of nitrogens with zero attached hydrogens (tertiary/aromatic N) is 1. The molecular weight excluding hydrogens is 452 g/mol. The first kappa shape index (κ1) is 23.0. The van der Waals surface area contributed by atoms with Gasteiger partial charge in [-0.2, -0.15) is 0 Å². The SMILES string of the molecule is O=C(NO)C1(CS(=O)(=O)c2ccc(Oc3ccc(Cl)cc3)cc2)CCN(CC2CC2)CC1. The smallest absolute Gasteiger partial charge is 0.250 e. The molecule has 2 N–H and O–H groups in total. The minimum absolute atomic E-state index is 0.117. The third-order valence-corrected chi connectivity index (χ3v) is 8.48. The molecule has 0 radical (unpaired) electrons. The largest absolute Gasteiger partial charge is 0.457 e. The van der Waals surface area contributed by atoms with Crippen molar-refractivity contribution in [2.75, 3.05) is 25.4 Å². The summed E-state index contributed by atoms with van der Waals surface area (Å²) >= 11 is 5.87. The Morgan fingerprint density at radius 3 is 2.16 bits per heavy atom. The zero-order valence-electron chi connectivity index (χ0n) is 17.7. The summed E-state index contributed by atoms with van der Waals surface area (Å²) in [7, 11) is -3.76. The molecule has 32 heavy (non-hydrogen) atoms. The third-order valence-electron chi connectivity index (χ3n) is 6.31. The van der Waals surface area contributed by atoms with Gasteiger partial charge in [0.25, 0.3) is 5.91 Å². The Morgan fingerprint density at radius 2 is 1.62 bits per heavy atom. The maximum atomic E-state index is 13.2. The van der Waals surface area contributed by atoms with Gasteiger partial charge in [0.05, 0.1) is 16.1 Å². The average molecular weight is 479 g/mol. The first-order valence-electron chi connectivity index (χ1n) is 10.7. The molecule has 7 nitrogen and oxygen atoms in total. The lowest BCUT2D eigenvalue weighted by molar-refractivity contribution is -0.141. The number of halogens is 1. The highest BCUT2D eigenvalue weighted by Crippen LogP contribution is 2.38. The Bertz CT molecular complexity index is 1040. The zero-order valence-corrected chi connectivity index (χ0v) is 19.2. The highest BCUT2D eigenvalue weighted by Gasteiger charge is 2.45. The molecule has 9 heteroatoms. The van der Waals surface area contributed by atoms with E-state index in [4.69, 9.17) is 16.3 Å². The van der Waals surface area contributed by atoms with Gasteiger partial charge >= 0.3 is 0 Å². The van der Waals surface area contributed by atoms with E-state index in [9.17, 15) is 18.4 Å². The van der Waals surface area contributed by atoms with Crippen LogP contribution in [0, 0.1) is 11.3 Å². The van der Waals surface area contributed by atoms with Gasteiger partial charge in [-0.05, 0) is 93.2 Å². The number of ether oxygens (including phenoxy) is 1. The number of likely N-dealkylation sites (tertiary alicyclic amines) is 1. The lowest BCUT2D eigenvalue weighted by Gasteiger charge is -2.39. The number of amides is 1. The van der Waals surface area contributed by atoms with Crippen molar-refractivity contribution in [1.82, 2.24) is 10.4 Å². The van der Waals surface area contributed by atoms with Crippen molar-refractivity contribution in [2.45, 2.75) is 30.6 Å². The second kappa shape index (κ2) is 9.39. The molecule has 0 bridgehead atoms. The molecule has 0 aromatic heterocycles. The molecule has 0 spiro atoms. The highest BCUT2D eigenvalue weighted by molar-refractivity contribution is 7.91. The van der Waals surface area contributed by atoms with Gasteiger partial charge in [-0.1, -0.05) is 11.6 Å². The van der Waals surface area contributed by atoms with Crippen molar-refractivity contribution in [2.24, 2.45) is 11.3 Å². The molecular formula is C23H27ClN2O5S. The van der Waals surface area contributed by atoms with Gasteiger partial charge in [0.2, 0.25) is 0 Å². The van der Waals surface area contributed by atoms with Gasteiger partial charge in [-0.25, -0.2) is 13.9 Å². The van der Waals surface area contributed by atoms with Crippen LogP contribution in [0.15, 0.2) is 53.4 Å². The molecule has 0 unspecified atom stereocenters. The van der Waals surface area contributed by atoms with Gasteiger partial charge in [0.15, 0.2) is 9.84 Å². The molecule has 1 aliphatic heterocycles. The number of hydrogen-bond acceptors (Lipinski definition) is 6. The van der Waals surface area contributed by atoms with Crippen LogP contribution < -0.4 is 10.2 Å². The van der Waals surface area contributed by atoms with Crippen molar-refractivity contribution in [1.29, 1.82) is 0 Å². The van der Waals surface area contributed by atoms with Crippen molar-refractivity contribution >= 4 is 27.3 Å². The van der Waals surface area contributed by atoms with Crippen LogP contribution in [0.4, 0.5) is 0 Å². The Balaban J connectivity index is 1.46. The van der Waals surface area contributed by atoms with E-state index < -0.39 is 21.2 Å². The number of hydrogen-bond donors (Lipinski definition) is 2. The van der Waals surface area contributed by atoms with Gasteiger partial charge in [0.1, 0.15) is 11.5 Å². The first-order chi connectivity index (χ1) is 15.3. The summed E-state index contributed by atoms with van der Waals surface area (Å²) in [6.07, 6.45) is 3.27. The van der Waals surface area contributed by atoms with E-state index >= 15 is 0 Å². The standard InChI is InChI=1S/C23H27ClN2O5S/c24-18-3-5-19(6-4-18)31-20-7-9-21(10-8-20)32(29,30)16-23(22(27)25-28)11-13-26(14-12-23)15-17-1-2-17/h3-10,17,28H,1-2,11-16H2,(H,25,27). The number of carbonyl (C=O) groups excluding carboxylic acids is 1. The highest BCUT2D eigenvalue weighted by atomic mass is 35.5.